The molecule has 13 nitrogen and oxygen atoms in total. The van der Waals surface area contributed by atoms with Gasteiger partial charge in [0.1, 0.15) is 11.9 Å². The summed E-state index contributed by atoms with van der Waals surface area (Å²) in [5.41, 5.74) is 7.97. The normalized spacial score (nSPS) is 16.8. The quantitative estimate of drug-likeness (QED) is 0.0779. The van der Waals surface area contributed by atoms with Crippen LogP contribution in [0.25, 0.3) is 0 Å². The molecule has 5 rings (SSSR count). The average molecular weight is 704 g/mol. The summed E-state index contributed by atoms with van der Waals surface area (Å²) in [7, 11) is 0. The summed E-state index contributed by atoms with van der Waals surface area (Å²) in [5, 5.41) is 28.7. The Balaban J connectivity index is 0.000000698. The zero-order valence-electron chi connectivity index (χ0n) is 26.0. The van der Waals surface area contributed by atoms with Gasteiger partial charge in [-0.05, 0) is 49.1 Å². The molecule has 17 heteroatoms. The number of nitrogens with zero attached hydrogens (tertiary/aromatic N) is 2. The minimum Gasteiger partial charge on any atom is -0.475 e. The molecule has 0 radical (unpaired) electrons. The first-order valence-electron chi connectivity index (χ1n) is 15.0. The van der Waals surface area contributed by atoms with E-state index in [4.69, 9.17) is 25.8 Å². The number of halogens is 3. The van der Waals surface area contributed by atoms with E-state index in [0.717, 1.165) is 23.3 Å². The fourth-order valence-corrected chi connectivity index (χ4v) is 7.01. The van der Waals surface area contributed by atoms with Crippen LogP contribution in [0.4, 0.5) is 18.9 Å². The molecule has 2 aliphatic heterocycles. The Hall–Kier alpha value is -5.32. The van der Waals surface area contributed by atoms with Crippen LogP contribution >= 0.6 is 11.3 Å². The van der Waals surface area contributed by atoms with Crippen molar-refractivity contribution in [2.24, 2.45) is 5.73 Å². The van der Waals surface area contributed by atoms with Crippen LogP contribution in [0.2, 0.25) is 0 Å². The Morgan fingerprint density at radius 1 is 1.12 bits per heavy atom. The maximum Gasteiger partial charge on any atom is 0.490 e. The number of benzene rings is 2. The number of nitro groups is 1. The number of nitrogens with one attached hydrogen (secondary N) is 2. The minimum atomic E-state index is -5.08. The molecule has 2 aliphatic rings. The maximum absolute atomic E-state index is 14.2. The van der Waals surface area contributed by atoms with Gasteiger partial charge in [0.05, 0.1) is 24.0 Å². The molecule has 2 unspecified atom stereocenters. The number of esters is 1. The summed E-state index contributed by atoms with van der Waals surface area (Å²) < 4.78 is 36.8. The van der Waals surface area contributed by atoms with Crippen LogP contribution in [0.3, 0.4) is 0 Å². The van der Waals surface area contributed by atoms with Gasteiger partial charge < -0.3 is 25.8 Å². The highest BCUT2D eigenvalue weighted by atomic mass is 32.1. The number of nitro benzene ring substituents is 1. The predicted molar refractivity (Wildman–Crippen MR) is 170 cm³/mol. The fraction of sp³-hybridized carbons (Fsp3) is 0.344. The monoisotopic (exact) mass is 703 g/mol. The fourth-order valence-electron chi connectivity index (χ4n) is 5.73. The van der Waals surface area contributed by atoms with Crippen molar-refractivity contribution in [1.82, 2.24) is 10.2 Å². The van der Waals surface area contributed by atoms with Gasteiger partial charge in [-0.3, -0.25) is 29.9 Å². The van der Waals surface area contributed by atoms with Crippen molar-refractivity contribution in [3.8, 4) is 0 Å². The van der Waals surface area contributed by atoms with Gasteiger partial charge in [-0.25, -0.2) is 4.79 Å². The standard InChI is InChI=1S/C30H31N5O6S.C2HF3O2/c1-2-41-27(36)16-22-15-23-25-12-11-21(14-26(23)42-22)34(25)30(38)24(13-17-3-9-20(10-4-17)35(39)40)33-29(37)19-7-5-18(6-8-19)28(31)32;3-2(4,5)1(6)7/h3-10,15,21,24-25H,2,11-14,16H2,1H3,(H3,31,32)(H,33,37);(H,6,7)/t21?,24-,25?;/m0./s1. The highest BCUT2D eigenvalue weighted by Crippen LogP contribution is 2.47. The number of rotatable bonds is 10. The van der Waals surface area contributed by atoms with E-state index in [1.807, 2.05) is 11.0 Å². The molecule has 0 saturated carbocycles. The topological polar surface area (TPSA) is 206 Å². The summed E-state index contributed by atoms with van der Waals surface area (Å²) in [5.74, 6) is -3.84. The number of amidine groups is 1. The van der Waals surface area contributed by atoms with Crippen LogP contribution < -0.4 is 11.1 Å². The van der Waals surface area contributed by atoms with Gasteiger partial charge >= 0.3 is 18.1 Å². The molecule has 3 atom stereocenters. The summed E-state index contributed by atoms with van der Waals surface area (Å²) in [6, 6.07) is 13.1. The molecule has 3 aromatic rings. The zero-order valence-corrected chi connectivity index (χ0v) is 26.8. The van der Waals surface area contributed by atoms with Crippen LogP contribution in [-0.2, 0) is 38.4 Å². The lowest BCUT2D eigenvalue weighted by Gasteiger charge is -2.37. The number of nitrogens with two attached hydrogens (primary N) is 1. The van der Waals surface area contributed by atoms with E-state index < -0.39 is 29.0 Å². The molecular formula is C32H32F3N5O8S. The van der Waals surface area contributed by atoms with Gasteiger partial charge in [0.2, 0.25) is 5.91 Å². The lowest BCUT2D eigenvalue weighted by molar-refractivity contribution is -0.384. The lowest BCUT2D eigenvalue weighted by atomic mass is 9.97. The van der Waals surface area contributed by atoms with Crippen LogP contribution in [-0.4, -0.2) is 69.4 Å². The molecule has 2 bridgehead atoms. The number of nitrogen functional groups attached to an aromatic ring is 1. The number of alkyl halides is 3. The van der Waals surface area contributed by atoms with Crippen molar-refractivity contribution < 1.29 is 47.1 Å². The van der Waals surface area contributed by atoms with Crippen molar-refractivity contribution in [3.63, 3.8) is 0 Å². The number of fused-ring (bicyclic) bond motifs is 4. The van der Waals surface area contributed by atoms with Gasteiger partial charge in [0.15, 0.2) is 0 Å². The van der Waals surface area contributed by atoms with E-state index >= 15 is 0 Å². The number of aliphatic carboxylic acids is 1. The second kappa shape index (κ2) is 15.3. The van der Waals surface area contributed by atoms with E-state index in [2.05, 4.69) is 5.32 Å². The molecule has 1 fully saturated rings. The largest absolute Gasteiger partial charge is 0.490 e. The second-order valence-electron chi connectivity index (χ2n) is 11.2. The van der Waals surface area contributed by atoms with E-state index in [9.17, 15) is 37.7 Å². The molecule has 0 spiro atoms. The molecule has 49 heavy (non-hydrogen) atoms. The number of non-ortho nitro benzene ring substituents is 1. The van der Waals surface area contributed by atoms with Gasteiger partial charge in [-0.2, -0.15) is 13.2 Å². The van der Waals surface area contributed by atoms with Gasteiger partial charge in [-0.15, -0.1) is 11.3 Å². The molecule has 2 amide bonds. The minimum absolute atomic E-state index is 0.0322. The Kier molecular flexibility index (Phi) is 11.4. The van der Waals surface area contributed by atoms with E-state index in [-0.39, 0.29) is 48.3 Å². The van der Waals surface area contributed by atoms with Crippen LogP contribution in [0.5, 0.6) is 0 Å². The number of hydrogen-bond acceptors (Lipinski definition) is 9. The van der Waals surface area contributed by atoms with E-state index in [0.29, 0.717) is 29.7 Å². The summed E-state index contributed by atoms with van der Waals surface area (Å²) in [6.45, 7) is 2.09. The molecule has 3 heterocycles. The maximum atomic E-state index is 14.2. The Morgan fingerprint density at radius 2 is 1.73 bits per heavy atom. The molecule has 5 N–H and O–H groups in total. The Bertz CT molecular complexity index is 1740. The van der Waals surface area contributed by atoms with Crippen molar-refractivity contribution in [3.05, 3.63) is 96.7 Å². The number of ether oxygens (including phenoxy) is 1. The number of thiophene rings is 1. The average Bonchev–Trinajstić information content (AvgIpc) is 3.60. The summed E-state index contributed by atoms with van der Waals surface area (Å²) >= 11 is 1.59. The summed E-state index contributed by atoms with van der Waals surface area (Å²) in [6.07, 6.45) is -2.46. The first-order valence-corrected chi connectivity index (χ1v) is 15.8. The molecule has 2 aromatic carbocycles. The molecule has 0 aliphatic carbocycles. The van der Waals surface area contributed by atoms with Crippen LogP contribution in [0.15, 0.2) is 54.6 Å². The Morgan fingerprint density at radius 3 is 2.29 bits per heavy atom. The van der Waals surface area contributed by atoms with Crippen molar-refractivity contribution in [1.29, 1.82) is 5.41 Å². The van der Waals surface area contributed by atoms with Gasteiger partial charge in [-0.1, -0.05) is 24.3 Å². The third-order valence-electron chi connectivity index (χ3n) is 7.94. The highest BCUT2D eigenvalue weighted by molar-refractivity contribution is 7.12. The number of hydrogen-bond donors (Lipinski definition) is 4. The highest BCUT2D eigenvalue weighted by Gasteiger charge is 2.45. The van der Waals surface area contributed by atoms with Crippen molar-refractivity contribution >= 4 is 46.6 Å². The van der Waals surface area contributed by atoms with Gasteiger partial charge in [0, 0.05) is 51.9 Å². The number of carboxylic acid groups (broad SMARTS) is 1. The Labute approximate surface area is 281 Å². The first kappa shape index (κ1) is 36.5. The molecule has 1 aromatic heterocycles. The van der Waals surface area contributed by atoms with Gasteiger partial charge in [0.25, 0.3) is 11.6 Å². The number of carboxylic acids is 1. The SMILES string of the molecule is CCOC(=O)Cc1cc2c(s1)CC1CCC2N1C(=O)[C@H](Cc1ccc([N+](=O)[O-])cc1)NC(=O)c1ccc(C(=N)N)cc1.O=C(O)C(F)(F)F. The van der Waals surface area contributed by atoms with Crippen molar-refractivity contribution in [2.45, 2.75) is 63.3 Å². The van der Waals surface area contributed by atoms with E-state index in [1.54, 1.807) is 54.7 Å². The first-order chi connectivity index (χ1) is 23.1. The van der Waals surface area contributed by atoms with Crippen LogP contribution in [0.1, 0.15) is 62.6 Å². The number of carbonyl (C=O) groups excluding carboxylic acids is 3. The third-order valence-corrected chi connectivity index (χ3v) is 9.12. The van der Waals surface area contributed by atoms with Crippen molar-refractivity contribution in [2.75, 3.05) is 6.61 Å². The lowest BCUT2D eigenvalue weighted by Crippen LogP contribution is -2.53. The zero-order chi connectivity index (χ0) is 36.0. The second-order valence-corrected chi connectivity index (χ2v) is 12.4. The summed E-state index contributed by atoms with van der Waals surface area (Å²) in [4.78, 5) is 63.1. The van der Waals surface area contributed by atoms with Crippen LogP contribution in [0, 0.1) is 15.5 Å². The van der Waals surface area contributed by atoms with E-state index in [1.165, 1.54) is 17.0 Å². The molecule has 1 saturated heterocycles. The number of carbonyl (C=O) groups is 4. The smallest absolute Gasteiger partial charge is 0.475 e. The molecule has 260 valence electrons. The third kappa shape index (κ3) is 8.98. The number of amides is 2. The predicted octanol–water partition coefficient (Wildman–Crippen LogP) is 4.31. The molecular weight excluding hydrogens is 671 g/mol.